The zero-order valence-electron chi connectivity index (χ0n) is 63.2. The molecule has 34 rings (SSSR count). The lowest BCUT2D eigenvalue weighted by Gasteiger charge is -2.32. The summed E-state index contributed by atoms with van der Waals surface area (Å²) >= 11 is 0. The second-order valence-corrected chi connectivity index (χ2v) is 38.2. The van der Waals surface area contributed by atoms with Gasteiger partial charge in [-0.2, -0.15) is 0 Å². The first-order chi connectivity index (χ1) is 55.4. The Kier molecular flexibility index (Phi) is 9.05. The van der Waals surface area contributed by atoms with Gasteiger partial charge in [0.15, 0.2) is 12.0 Å². The molecule has 5 aliphatic rings. The highest BCUT2D eigenvalue weighted by Gasteiger charge is 3.01. The van der Waals surface area contributed by atoms with Crippen molar-refractivity contribution < 1.29 is 38.4 Å². The van der Waals surface area contributed by atoms with Crippen molar-refractivity contribution in [2.75, 3.05) is 19.8 Å². The van der Waals surface area contributed by atoms with E-state index in [1.165, 1.54) is 445 Å². The maximum atomic E-state index is 18.2. The van der Waals surface area contributed by atoms with E-state index in [2.05, 4.69) is 13.8 Å². The molecule has 0 saturated heterocycles. The van der Waals surface area contributed by atoms with E-state index in [-0.39, 0.29) is 6.61 Å². The van der Waals surface area contributed by atoms with Gasteiger partial charge in [-0.25, -0.2) is 4.79 Å². The van der Waals surface area contributed by atoms with Gasteiger partial charge in [0.05, 0.1) is 24.0 Å². The smallest absolute Gasteiger partial charge is 0.341 e. The summed E-state index contributed by atoms with van der Waals surface area (Å²) < 4.78 is 27.6. The number of ether oxygens (including phenoxy) is 4. The van der Waals surface area contributed by atoms with Crippen LogP contribution in [0.15, 0.2) is 18.2 Å². The van der Waals surface area contributed by atoms with Crippen molar-refractivity contribution in [2.24, 2.45) is 5.41 Å². The van der Waals surface area contributed by atoms with Crippen LogP contribution in [0.3, 0.4) is 0 Å². The molecule has 0 radical (unpaired) electrons. The number of carbonyl (C=O) groups excluding carboxylic acids is 2. The average Bonchev–Trinajstić information content (AvgIpc) is 1.35. The molecule has 8 heteroatoms. The van der Waals surface area contributed by atoms with Crippen LogP contribution in [-0.4, -0.2) is 42.8 Å². The van der Waals surface area contributed by atoms with Crippen LogP contribution in [0, 0.1) is 5.41 Å². The summed E-state index contributed by atoms with van der Waals surface area (Å²) in [6.07, 6.45) is 36.0. The van der Waals surface area contributed by atoms with Gasteiger partial charge in [0.1, 0.15) is 18.1 Å². The lowest BCUT2D eigenvalue weighted by atomic mass is 9.68. The Morgan fingerprint density at radius 3 is 0.643 bits per heavy atom. The van der Waals surface area contributed by atoms with Gasteiger partial charge in [0, 0.05) is 6.07 Å². The molecule has 5 aliphatic carbocycles. The largest absolute Gasteiger partial charge is 0.493 e. The van der Waals surface area contributed by atoms with Crippen LogP contribution in [0.5, 0.6) is 11.5 Å². The van der Waals surface area contributed by atoms with Crippen molar-refractivity contribution >= 4 is 309 Å². The number of unbranched alkanes of at least 4 members (excludes halogenated alkanes) is 26. The Morgan fingerprint density at radius 1 is 0.250 bits per heavy atom. The highest BCUT2D eigenvalue weighted by molar-refractivity contribution is 6.82. The molecule has 1 fully saturated rings. The van der Waals surface area contributed by atoms with Crippen LogP contribution < -0.4 is 9.47 Å². The Balaban J connectivity index is 0.583. The molecule has 1 saturated carbocycles. The maximum Gasteiger partial charge on any atom is 0.341 e. The molecule has 0 amide bonds. The Hall–Kier alpha value is -10.3. The van der Waals surface area contributed by atoms with E-state index < -0.39 is 40.8 Å². The Bertz CT molecular complexity index is 7980. The molecule has 0 aromatic heterocycles. The monoisotopic (exact) mass is 1450 g/mol. The summed E-state index contributed by atoms with van der Waals surface area (Å²) in [6.45, 7) is 4.69. The summed E-state index contributed by atoms with van der Waals surface area (Å²) in [4.78, 5) is 49.3. The van der Waals surface area contributed by atoms with E-state index in [0.29, 0.717) is 24.7 Å². The normalized spacial score (nSPS) is 19.5. The van der Waals surface area contributed by atoms with Crippen molar-refractivity contribution in [3.8, 4) is 11.5 Å². The number of aliphatic carboxylic acids is 1. The third-order valence-electron chi connectivity index (χ3n) is 34.2. The zero-order valence-corrected chi connectivity index (χ0v) is 63.2. The fraction of sp³-hybridized carbons (Fsp3) is 0.356. The molecule has 29 aromatic carbocycles. The molecule has 1 N–H and O–H groups in total. The molecule has 29 aromatic rings. The number of carboxylic acid groups (broad SMARTS) is 1. The van der Waals surface area contributed by atoms with Gasteiger partial charge in [-0.05, 0) is 344 Å². The first kappa shape index (κ1) is 57.7. The molecule has 112 heavy (non-hydrogen) atoms. The third kappa shape index (κ3) is 4.87. The summed E-state index contributed by atoms with van der Waals surface area (Å²) in [6, 6.07) is 6.10. The summed E-state index contributed by atoms with van der Waals surface area (Å²) in [5.74, 6) is -1.29. The number of carboxylic acids is 1. The minimum atomic E-state index is -2.10. The fourth-order valence-corrected chi connectivity index (χ4v) is 31.6. The molecule has 2 spiro atoms. The second kappa shape index (κ2) is 17.6. The highest BCUT2D eigenvalue weighted by atomic mass is 16.6. The predicted octanol–water partition coefficient (Wildman–Crippen LogP) is 28.4. The number of esters is 2. The summed E-state index contributed by atoms with van der Waals surface area (Å²) in [7, 11) is 0. The summed E-state index contributed by atoms with van der Waals surface area (Å²) in [5, 5.41) is 86.7. The second-order valence-electron chi connectivity index (χ2n) is 38.2. The van der Waals surface area contributed by atoms with Crippen LogP contribution in [-0.2, 0) is 41.3 Å². The quantitative estimate of drug-likeness (QED) is 0.0176. The van der Waals surface area contributed by atoms with E-state index >= 15 is 9.59 Å². The molecule has 0 bridgehead atoms. The van der Waals surface area contributed by atoms with Gasteiger partial charge in [0.2, 0.25) is 0 Å². The number of hydrogen-bond acceptors (Lipinski definition) is 7. The summed E-state index contributed by atoms with van der Waals surface area (Å²) in [5.41, 5.74) is 0.336. The molecule has 0 heterocycles. The van der Waals surface area contributed by atoms with Crippen LogP contribution in [0.1, 0.15) is 221 Å². The fourth-order valence-electron chi connectivity index (χ4n) is 31.6. The predicted molar refractivity (Wildman–Crippen MR) is 463 cm³/mol. The van der Waals surface area contributed by atoms with E-state index in [0.717, 1.165) is 53.5 Å². The molecule has 8 nitrogen and oxygen atoms in total. The van der Waals surface area contributed by atoms with E-state index in [1.54, 1.807) is 0 Å². The van der Waals surface area contributed by atoms with Crippen molar-refractivity contribution in [1.82, 2.24) is 0 Å². The van der Waals surface area contributed by atoms with Gasteiger partial charge >= 0.3 is 17.9 Å². The highest BCUT2D eigenvalue weighted by Crippen LogP contribution is 2.97. The minimum absolute atomic E-state index is 0.150. The number of carbonyl (C=O) groups is 3. The van der Waals surface area contributed by atoms with Crippen LogP contribution >= 0.6 is 0 Å². The van der Waals surface area contributed by atoms with Gasteiger partial charge < -0.3 is 24.1 Å². The van der Waals surface area contributed by atoms with Gasteiger partial charge in [-0.1, -0.05) is 181 Å². The average molecular weight is 1450 g/mol. The van der Waals surface area contributed by atoms with E-state index in [9.17, 15) is 9.90 Å². The molecular weight excluding hydrogens is 1380 g/mol. The molecule has 0 unspecified atom stereocenters. The van der Waals surface area contributed by atoms with Crippen molar-refractivity contribution in [1.29, 1.82) is 0 Å². The molecular formula is C104H74O8. The zero-order chi connectivity index (χ0) is 72.0. The first-order valence-electron chi connectivity index (χ1n) is 44.2. The Morgan fingerprint density at radius 2 is 0.438 bits per heavy atom. The van der Waals surface area contributed by atoms with Crippen LogP contribution in [0.25, 0.3) is 291 Å². The SMILES string of the molecule is CCCCCCCCCCCCCCCCOc1cc(COC(=O)C2(C(=O)OCC(=O)O)C34c5c6c7c8c9c%10c(c%11c%12c3c3c5c5c%13c6c6c7c7c9c9c%14c%10c%10c%11c%11c%12c%12c3c3c5c5c%13c%13c6c6c7c9c7c9c%14c%10c%10c%11c%11c%12c3c3c5c5c%13c6c7c6c9c%10c%11c3c56)C824)cc(OCCCCCCCCCCCCCCCC)c1. The minimum Gasteiger partial charge on any atom is -0.493 e. The van der Waals surface area contributed by atoms with Crippen LogP contribution in [0.2, 0.25) is 0 Å². The van der Waals surface area contributed by atoms with Crippen molar-refractivity contribution in [3.63, 3.8) is 0 Å². The molecule has 0 aliphatic heterocycles. The van der Waals surface area contributed by atoms with Crippen molar-refractivity contribution in [3.05, 3.63) is 46.0 Å². The van der Waals surface area contributed by atoms with E-state index in [1.807, 2.05) is 18.2 Å². The van der Waals surface area contributed by atoms with Gasteiger partial charge in [-0.15, -0.1) is 0 Å². The first-order valence-corrected chi connectivity index (χ1v) is 44.2. The van der Waals surface area contributed by atoms with E-state index in [4.69, 9.17) is 18.9 Å². The lowest BCUT2D eigenvalue weighted by Crippen LogP contribution is -2.39. The third-order valence-corrected chi connectivity index (χ3v) is 34.2. The van der Waals surface area contributed by atoms with Gasteiger partial charge in [-0.3, -0.25) is 9.59 Å². The van der Waals surface area contributed by atoms with Crippen molar-refractivity contribution in [2.45, 2.75) is 211 Å². The van der Waals surface area contributed by atoms with Crippen LogP contribution in [0.4, 0.5) is 0 Å². The molecule has 538 valence electrons. The lowest BCUT2D eigenvalue weighted by molar-refractivity contribution is -0.170. The number of rotatable bonds is 38. The maximum absolute atomic E-state index is 18.2. The number of benzene rings is 19. The number of hydrogen-bond donors (Lipinski definition) is 1. The topological polar surface area (TPSA) is 108 Å². The standard InChI is InChI=1S/C104H74O8/c1-3-5-7-9-11-13-15-17-19-21-23-25-27-29-31-109-39-33-38(34-40(35-39)110-32-30-28-26-24-22-20-18-16-14-12-10-8-6-4-2)36-111-100(107)104(101(108)112-37-41(105)106)102-96-88-80-70-60-52-44-42-43-46-50-48(44)56-64-58(50)68-62-54(46)55-47(43)51-49-45(42)53(52)61-67-57(49)65-59(51)69-63(55)73-72(62)82-76(68)86-78(64)84(74(80)66(56)60)92(96)94(86)98-90(82)91-83(73)77(69)87-79(65)85-75(67)81(71(61)70)89(88)97(102)93(85)95(87)99(91)103(98,102)104/h33-35H,3-32,36-37H2,1-2H3,(H,105,106). The van der Waals surface area contributed by atoms with Gasteiger partial charge in [0.25, 0.3) is 0 Å². The Labute approximate surface area is 637 Å². The molecule has 0 atom stereocenters.